The van der Waals surface area contributed by atoms with Crippen LogP contribution in [0.2, 0.25) is 5.02 Å². The number of thiazole rings is 1. The van der Waals surface area contributed by atoms with E-state index in [0.717, 1.165) is 53.1 Å². The van der Waals surface area contributed by atoms with Crippen molar-refractivity contribution in [3.05, 3.63) is 57.0 Å². The Balaban J connectivity index is 1.69. The van der Waals surface area contributed by atoms with Crippen molar-refractivity contribution in [3.8, 4) is 0 Å². The minimum Gasteiger partial charge on any atom is -0.379 e. The molecule has 2 aromatic carbocycles. The van der Waals surface area contributed by atoms with E-state index in [9.17, 15) is 4.79 Å². The van der Waals surface area contributed by atoms with E-state index in [1.807, 2.05) is 43.3 Å². The molecule has 4 rings (SSSR count). The summed E-state index contributed by atoms with van der Waals surface area (Å²) in [5.74, 6) is -0.0708. The van der Waals surface area contributed by atoms with Crippen molar-refractivity contribution in [2.24, 2.45) is 0 Å². The molecule has 0 spiro atoms. The number of fused-ring (bicyclic) bond motifs is 1. The van der Waals surface area contributed by atoms with Gasteiger partial charge in [-0.3, -0.25) is 14.6 Å². The first-order valence-electron chi connectivity index (χ1n) is 9.47. The molecule has 0 N–H and O–H groups in total. The van der Waals surface area contributed by atoms with Crippen LogP contribution in [0.3, 0.4) is 0 Å². The molecular formula is C21H21BrClN3O2S. The fourth-order valence-electron chi connectivity index (χ4n) is 3.34. The number of hydrogen-bond acceptors (Lipinski definition) is 5. The number of amides is 1. The van der Waals surface area contributed by atoms with E-state index in [2.05, 4.69) is 20.8 Å². The van der Waals surface area contributed by atoms with Crippen molar-refractivity contribution in [2.45, 2.75) is 6.92 Å². The fraction of sp³-hybridized carbons (Fsp3) is 0.333. The lowest BCUT2D eigenvalue weighted by Crippen LogP contribution is -2.43. The second-order valence-corrected chi connectivity index (χ2v) is 9.17. The number of anilines is 1. The Labute approximate surface area is 187 Å². The highest BCUT2D eigenvalue weighted by molar-refractivity contribution is 9.10. The van der Waals surface area contributed by atoms with Gasteiger partial charge in [0.05, 0.1) is 34.0 Å². The maximum absolute atomic E-state index is 13.5. The highest BCUT2D eigenvalue weighted by atomic mass is 79.9. The number of aryl methyl sites for hydroxylation is 1. The van der Waals surface area contributed by atoms with Crippen molar-refractivity contribution in [1.82, 2.24) is 9.88 Å². The lowest BCUT2D eigenvalue weighted by molar-refractivity contribution is 0.0391. The lowest BCUT2D eigenvalue weighted by atomic mass is 10.2. The average Bonchev–Trinajstić information content (AvgIpc) is 3.18. The Morgan fingerprint density at radius 3 is 2.76 bits per heavy atom. The normalized spacial score (nSPS) is 15.0. The second kappa shape index (κ2) is 9.10. The van der Waals surface area contributed by atoms with E-state index < -0.39 is 0 Å². The molecule has 1 saturated heterocycles. The number of nitrogens with zero attached hydrogens (tertiary/aromatic N) is 3. The molecule has 1 aliphatic heterocycles. The lowest BCUT2D eigenvalue weighted by Gasteiger charge is -2.29. The van der Waals surface area contributed by atoms with E-state index in [1.165, 1.54) is 11.3 Å². The Kier molecular flexibility index (Phi) is 6.51. The first kappa shape index (κ1) is 20.8. The van der Waals surface area contributed by atoms with Crippen molar-refractivity contribution in [3.63, 3.8) is 0 Å². The van der Waals surface area contributed by atoms with Gasteiger partial charge in [0, 0.05) is 30.7 Å². The predicted octanol–water partition coefficient (Wildman–Crippen LogP) is 5.00. The average molecular weight is 495 g/mol. The smallest absolute Gasteiger partial charge is 0.261 e. The van der Waals surface area contributed by atoms with Crippen LogP contribution in [0.1, 0.15) is 15.9 Å². The summed E-state index contributed by atoms with van der Waals surface area (Å²) < 4.78 is 7.13. The molecule has 5 nitrogen and oxygen atoms in total. The zero-order valence-corrected chi connectivity index (χ0v) is 19.2. The van der Waals surface area contributed by atoms with Crippen LogP contribution >= 0.6 is 38.9 Å². The van der Waals surface area contributed by atoms with Gasteiger partial charge in [-0.1, -0.05) is 41.1 Å². The van der Waals surface area contributed by atoms with Crippen molar-refractivity contribution < 1.29 is 9.53 Å². The maximum Gasteiger partial charge on any atom is 0.261 e. The standard InChI is InChI=1S/C21H21BrClN3O2S/c1-14-6-7-17(23)19-18(14)24-21(29-19)26(9-8-25-10-12-28-13-11-25)20(27)15-4-2-3-5-16(15)22/h2-7H,8-13H2,1H3. The summed E-state index contributed by atoms with van der Waals surface area (Å²) in [6.45, 7) is 6.54. The Bertz CT molecular complexity index is 997. The molecule has 1 amide bonds. The van der Waals surface area contributed by atoms with Gasteiger partial charge in [-0.2, -0.15) is 0 Å². The van der Waals surface area contributed by atoms with Crippen LogP contribution < -0.4 is 4.90 Å². The predicted molar refractivity (Wildman–Crippen MR) is 122 cm³/mol. The molecule has 29 heavy (non-hydrogen) atoms. The third-order valence-corrected chi connectivity index (χ3v) is 7.24. The highest BCUT2D eigenvalue weighted by Gasteiger charge is 2.25. The van der Waals surface area contributed by atoms with Gasteiger partial charge in [0.2, 0.25) is 0 Å². The molecule has 0 atom stereocenters. The fourth-order valence-corrected chi connectivity index (χ4v) is 5.13. The summed E-state index contributed by atoms with van der Waals surface area (Å²) in [5.41, 5.74) is 2.53. The SMILES string of the molecule is Cc1ccc(Cl)c2sc(N(CCN3CCOCC3)C(=O)c3ccccc3Br)nc12. The minimum absolute atomic E-state index is 0.0708. The van der Waals surface area contributed by atoms with Crippen LogP contribution in [-0.4, -0.2) is 55.2 Å². The number of halogens is 2. The van der Waals surface area contributed by atoms with Crippen LogP contribution in [0.5, 0.6) is 0 Å². The van der Waals surface area contributed by atoms with E-state index in [0.29, 0.717) is 22.3 Å². The quantitative estimate of drug-likeness (QED) is 0.501. The molecule has 1 aromatic heterocycles. The highest BCUT2D eigenvalue weighted by Crippen LogP contribution is 2.36. The van der Waals surface area contributed by atoms with Gasteiger partial charge in [0.25, 0.3) is 5.91 Å². The molecule has 1 fully saturated rings. The third kappa shape index (κ3) is 4.49. The Morgan fingerprint density at radius 2 is 2.03 bits per heavy atom. The maximum atomic E-state index is 13.5. The molecule has 0 bridgehead atoms. The van der Waals surface area contributed by atoms with Crippen molar-refractivity contribution in [2.75, 3.05) is 44.3 Å². The number of morpholine rings is 1. The summed E-state index contributed by atoms with van der Waals surface area (Å²) in [6, 6.07) is 11.3. The molecular weight excluding hydrogens is 474 g/mol. The van der Waals surface area contributed by atoms with Gasteiger partial charge < -0.3 is 4.74 Å². The monoisotopic (exact) mass is 493 g/mol. The van der Waals surface area contributed by atoms with E-state index in [1.54, 1.807) is 4.90 Å². The molecule has 0 saturated carbocycles. The molecule has 152 valence electrons. The van der Waals surface area contributed by atoms with E-state index >= 15 is 0 Å². The first-order valence-corrected chi connectivity index (χ1v) is 11.5. The van der Waals surface area contributed by atoms with Gasteiger partial charge >= 0.3 is 0 Å². The van der Waals surface area contributed by atoms with E-state index in [-0.39, 0.29) is 5.91 Å². The van der Waals surface area contributed by atoms with Crippen LogP contribution in [0, 0.1) is 6.92 Å². The van der Waals surface area contributed by atoms with Crippen LogP contribution in [0.25, 0.3) is 10.2 Å². The largest absolute Gasteiger partial charge is 0.379 e. The van der Waals surface area contributed by atoms with Gasteiger partial charge in [-0.05, 0) is 46.6 Å². The van der Waals surface area contributed by atoms with Gasteiger partial charge in [0.1, 0.15) is 0 Å². The van der Waals surface area contributed by atoms with Crippen LogP contribution in [0.4, 0.5) is 5.13 Å². The van der Waals surface area contributed by atoms with Crippen LogP contribution in [0.15, 0.2) is 40.9 Å². The first-order chi connectivity index (χ1) is 14.0. The van der Waals surface area contributed by atoms with Crippen molar-refractivity contribution >= 4 is 60.1 Å². The number of rotatable bonds is 5. The molecule has 8 heteroatoms. The number of ether oxygens (including phenoxy) is 1. The zero-order chi connectivity index (χ0) is 20.4. The van der Waals surface area contributed by atoms with E-state index in [4.69, 9.17) is 21.3 Å². The number of hydrogen-bond donors (Lipinski definition) is 0. The van der Waals surface area contributed by atoms with Gasteiger partial charge in [-0.15, -0.1) is 0 Å². The number of benzene rings is 2. The summed E-state index contributed by atoms with van der Waals surface area (Å²) in [4.78, 5) is 22.4. The zero-order valence-electron chi connectivity index (χ0n) is 16.0. The second-order valence-electron chi connectivity index (χ2n) is 6.93. The van der Waals surface area contributed by atoms with Crippen LogP contribution in [-0.2, 0) is 4.74 Å². The molecule has 0 aliphatic carbocycles. The third-order valence-electron chi connectivity index (χ3n) is 5.01. The molecule has 3 aromatic rings. The summed E-state index contributed by atoms with van der Waals surface area (Å²) in [5, 5.41) is 1.33. The summed E-state index contributed by atoms with van der Waals surface area (Å²) in [7, 11) is 0. The molecule has 1 aliphatic rings. The minimum atomic E-state index is -0.0708. The molecule has 0 unspecified atom stereocenters. The number of carbonyl (C=O) groups excluding carboxylic acids is 1. The summed E-state index contributed by atoms with van der Waals surface area (Å²) >= 11 is 11.4. The Hall–Kier alpha value is -1.51. The topological polar surface area (TPSA) is 45.7 Å². The number of aromatic nitrogens is 1. The molecule has 2 heterocycles. The van der Waals surface area contributed by atoms with Crippen molar-refractivity contribution in [1.29, 1.82) is 0 Å². The number of carbonyl (C=O) groups is 1. The molecule has 0 radical (unpaired) electrons. The van der Waals surface area contributed by atoms with Gasteiger partial charge in [0.15, 0.2) is 5.13 Å². The summed E-state index contributed by atoms with van der Waals surface area (Å²) in [6.07, 6.45) is 0. The van der Waals surface area contributed by atoms with Gasteiger partial charge in [-0.25, -0.2) is 4.98 Å². The Morgan fingerprint density at radius 1 is 1.28 bits per heavy atom.